The SMILES string of the molecule is CC(C)Cc1ccc(C2=NNC(=O)[C@@H]3C[C@H]23)cc1. The third kappa shape index (κ3) is 2.05. The Morgan fingerprint density at radius 3 is 2.67 bits per heavy atom. The molecule has 1 saturated carbocycles. The molecule has 1 aromatic carbocycles. The molecule has 0 bridgehead atoms. The van der Waals surface area contributed by atoms with Crippen LogP contribution in [0.25, 0.3) is 0 Å². The molecule has 1 N–H and O–H groups in total. The van der Waals surface area contributed by atoms with Crippen molar-refractivity contribution in [3.05, 3.63) is 35.4 Å². The molecule has 1 heterocycles. The number of amides is 1. The van der Waals surface area contributed by atoms with E-state index in [4.69, 9.17) is 0 Å². The average Bonchev–Trinajstić information content (AvgIpc) is 3.11. The van der Waals surface area contributed by atoms with Crippen LogP contribution in [0.2, 0.25) is 0 Å². The van der Waals surface area contributed by atoms with E-state index in [1.165, 1.54) is 5.56 Å². The van der Waals surface area contributed by atoms with E-state index in [1.54, 1.807) is 0 Å². The molecule has 0 saturated heterocycles. The van der Waals surface area contributed by atoms with Gasteiger partial charge in [-0.3, -0.25) is 4.79 Å². The lowest BCUT2D eigenvalue weighted by molar-refractivity contribution is -0.122. The maximum atomic E-state index is 11.4. The zero-order chi connectivity index (χ0) is 12.7. The predicted molar refractivity (Wildman–Crippen MR) is 71.3 cm³/mol. The summed E-state index contributed by atoms with van der Waals surface area (Å²) in [6, 6.07) is 8.60. The van der Waals surface area contributed by atoms with Crippen LogP contribution in [0.15, 0.2) is 29.4 Å². The van der Waals surface area contributed by atoms with E-state index in [-0.39, 0.29) is 11.8 Å². The van der Waals surface area contributed by atoms with Gasteiger partial charge in [-0.05, 0) is 29.9 Å². The van der Waals surface area contributed by atoms with E-state index < -0.39 is 0 Å². The molecular weight excluding hydrogens is 224 g/mol. The van der Waals surface area contributed by atoms with Crippen LogP contribution in [0.1, 0.15) is 31.4 Å². The van der Waals surface area contributed by atoms with Crippen LogP contribution in [0.3, 0.4) is 0 Å². The largest absolute Gasteiger partial charge is 0.273 e. The normalized spacial score (nSPS) is 25.5. The van der Waals surface area contributed by atoms with Gasteiger partial charge in [0.2, 0.25) is 5.91 Å². The minimum absolute atomic E-state index is 0.0835. The summed E-state index contributed by atoms with van der Waals surface area (Å²) < 4.78 is 0. The molecule has 3 nitrogen and oxygen atoms in total. The number of benzene rings is 1. The molecule has 1 amide bonds. The molecular formula is C15H18N2O. The number of nitrogens with one attached hydrogen (secondary N) is 1. The van der Waals surface area contributed by atoms with E-state index >= 15 is 0 Å². The lowest BCUT2D eigenvalue weighted by Crippen LogP contribution is -2.28. The van der Waals surface area contributed by atoms with Gasteiger partial charge in [-0.15, -0.1) is 0 Å². The minimum Gasteiger partial charge on any atom is -0.273 e. The number of hydrogen-bond donors (Lipinski definition) is 1. The Hall–Kier alpha value is -1.64. The van der Waals surface area contributed by atoms with Crippen molar-refractivity contribution in [2.75, 3.05) is 0 Å². The summed E-state index contributed by atoms with van der Waals surface area (Å²) in [4.78, 5) is 11.4. The van der Waals surface area contributed by atoms with E-state index in [9.17, 15) is 4.79 Å². The zero-order valence-electron chi connectivity index (χ0n) is 10.8. The number of hydrogen-bond acceptors (Lipinski definition) is 2. The van der Waals surface area contributed by atoms with E-state index in [0.29, 0.717) is 11.8 Å². The van der Waals surface area contributed by atoms with Gasteiger partial charge in [-0.2, -0.15) is 5.10 Å². The van der Waals surface area contributed by atoms with Gasteiger partial charge >= 0.3 is 0 Å². The first kappa shape index (κ1) is 11.5. The van der Waals surface area contributed by atoms with Gasteiger partial charge < -0.3 is 0 Å². The molecule has 1 aliphatic heterocycles. The summed E-state index contributed by atoms with van der Waals surface area (Å²) in [6.07, 6.45) is 2.06. The third-order valence-corrected chi connectivity index (χ3v) is 3.66. The first-order chi connectivity index (χ1) is 8.65. The molecule has 0 radical (unpaired) electrons. The zero-order valence-corrected chi connectivity index (χ0v) is 10.8. The first-order valence-electron chi connectivity index (χ1n) is 6.62. The molecule has 0 aromatic heterocycles. The van der Waals surface area contributed by atoms with E-state index in [2.05, 4.69) is 48.6 Å². The average molecular weight is 242 g/mol. The second-order valence-electron chi connectivity index (χ2n) is 5.72. The summed E-state index contributed by atoms with van der Waals surface area (Å²) >= 11 is 0. The Bertz CT molecular complexity index is 502. The summed E-state index contributed by atoms with van der Waals surface area (Å²) in [5.74, 6) is 1.29. The molecule has 18 heavy (non-hydrogen) atoms. The van der Waals surface area contributed by atoms with Crippen molar-refractivity contribution in [2.45, 2.75) is 26.7 Å². The molecule has 1 fully saturated rings. The summed E-state index contributed by atoms with van der Waals surface area (Å²) in [5, 5.41) is 4.21. The Labute approximate surface area is 107 Å². The van der Waals surface area contributed by atoms with Crippen molar-refractivity contribution < 1.29 is 4.79 Å². The van der Waals surface area contributed by atoms with Crippen LogP contribution in [-0.4, -0.2) is 11.6 Å². The fraction of sp³-hybridized carbons (Fsp3) is 0.467. The smallest absolute Gasteiger partial charge is 0.243 e. The number of carbonyl (C=O) groups excluding carboxylic acids is 1. The molecule has 1 aliphatic carbocycles. The van der Waals surface area contributed by atoms with Crippen LogP contribution in [0.4, 0.5) is 0 Å². The van der Waals surface area contributed by atoms with E-state index in [0.717, 1.165) is 24.1 Å². The highest BCUT2D eigenvalue weighted by Crippen LogP contribution is 2.43. The maximum Gasteiger partial charge on any atom is 0.243 e. The van der Waals surface area contributed by atoms with Crippen LogP contribution < -0.4 is 5.43 Å². The van der Waals surface area contributed by atoms with Gasteiger partial charge in [-0.1, -0.05) is 38.1 Å². The predicted octanol–water partition coefficient (Wildman–Crippen LogP) is 2.36. The Balaban J connectivity index is 1.79. The molecule has 94 valence electrons. The highest BCUT2D eigenvalue weighted by atomic mass is 16.2. The van der Waals surface area contributed by atoms with Gasteiger partial charge in [0.05, 0.1) is 5.71 Å². The van der Waals surface area contributed by atoms with Crippen molar-refractivity contribution in [1.29, 1.82) is 0 Å². The number of fused-ring (bicyclic) bond motifs is 1. The Kier molecular flexibility index (Phi) is 2.69. The summed E-state index contributed by atoms with van der Waals surface area (Å²) in [7, 11) is 0. The molecule has 3 rings (SSSR count). The summed E-state index contributed by atoms with van der Waals surface area (Å²) in [5.41, 5.74) is 6.18. The van der Waals surface area contributed by atoms with Crippen LogP contribution in [0, 0.1) is 17.8 Å². The van der Waals surface area contributed by atoms with Gasteiger partial charge in [0.1, 0.15) is 0 Å². The van der Waals surface area contributed by atoms with Gasteiger partial charge in [0.25, 0.3) is 0 Å². The number of rotatable bonds is 3. The fourth-order valence-electron chi connectivity index (χ4n) is 2.63. The fourth-order valence-corrected chi connectivity index (χ4v) is 2.63. The monoisotopic (exact) mass is 242 g/mol. The minimum atomic E-state index is 0.0835. The van der Waals surface area contributed by atoms with Gasteiger partial charge in [0, 0.05) is 11.8 Å². The van der Waals surface area contributed by atoms with Gasteiger partial charge in [-0.25, -0.2) is 5.43 Å². The highest BCUT2D eigenvalue weighted by Gasteiger charge is 2.49. The number of carbonyl (C=O) groups is 1. The molecule has 2 atom stereocenters. The van der Waals surface area contributed by atoms with Crippen molar-refractivity contribution in [2.24, 2.45) is 22.9 Å². The van der Waals surface area contributed by atoms with Crippen molar-refractivity contribution in [1.82, 2.24) is 5.43 Å². The van der Waals surface area contributed by atoms with Gasteiger partial charge in [0.15, 0.2) is 0 Å². The van der Waals surface area contributed by atoms with Crippen molar-refractivity contribution in [3.63, 3.8) is 0 Å². The Morgan fingerprint density at radius 1 is 1.28 bits per heavy atom. The number of hydrazone groups is 1. The molecule has 2 aliphatic rings. The van der Waals surface area contributed by atoms with E-state index in [1.807, 2.05) is 0 Å². The van der Waals surface area contributed by atoms with Crippen molar-refractivity contribution >= 4 is 11.6 Å². The molecule has 3 heteroatoms. The lowest BCUT2D eigenvalue weighted by atomic mass is 9.98. The lowest BCUT2D eigenvalue weighted by Gasteiger charge is -2.12. The number of nitrogens with zero attached hydrogens (tertiary/aromatic N) is 1. The quantitative estimate of drug-likeness (QED) is 0.868. The van der Waals surface area contributed by atoms with Crippen LogP contribution in [-0.2, 0) is 11.2 Å². The molecule has 0 unspecified atom stereocenters. The highest BCUT2D eigenvalue weighted by molar-refractivity contribution is 6.09. The van der Waals surface area contributed by atoms with Crippen molar-refractivity contribution in [3.8, 4) is 0 Å². The van der Waals surface area contributed by atoms with Crippen LogP contribution in [0.5, 0.6) is 0 Å². The Morgan fingerprint density at radius 2 is 2.00 bits per heavy atom. The third-order valence-electron chi connectivity index (χ3n) is 3.66. The standard InChI is InChI=1S/C15H18N2O/c1-9(2)7-10-3-5-11(6-4-10)14-12-8-13(12)15(18)17-16-14/h3-6,9,12-13H,7-8H2,1-2H3,(H,17,18)/t12-,13+/m0/s1. The maximum absolute atomic E-state index is 11.4. The second kappa shape index (κ2) is 4.23. The molecule has 0 spiro atoms. The first-order valence-corrected chi connectivity index (χ1v) is 6.62. The molecule has 1 aromatic rings. The topological polar surface area (TPSA) is 41.5 Å². The van der Waals surface area contributed by atoms with Crippen LogP contribution >= 0.6 is 0 Å². The second-order valence-corrected chi connectivity index (χ2v) is 5.72. The summed E-state index contributed by atoms with van der Waals surface area (Å²) in [6.45, 7) is 4.45.